The molecule has 0 amide bonds. The maximum Gasteiger partial charge on any atom is 0.0556 e. The van der Waals surface area contributed by atoms with E-state index in [-0.39, 0.29) is 0 Å². The summed E-state index contributed by atoms with van der Waals surface area (Å²) in [6.07, 6.45) is 1.88. The summed E-state index contributed by atoms with van der Waals surface area (Å²) in [5.74, 6) is 0. The highest BCUT2D eigenvalue weighted by molar-refractivity contribution is 5.85. The predicted molar refractivity (Wildman–Crippen MR) is 84.0 cm³/mol. The molecule has 3 nitrogen and oxygen atoms in total. The van der Waals surface area contributed by atoms with Gasteiger partial charge in [0.1, 0.15) is 0 Å². The topological polar surface area (TPSA) is 29.9 Å². The van der Waals surface area contributed by atoms with E-state index in [0.29, 0.717) is 0 Å². The first kappa shape index (κ1) is 12.7. The molecule has 0 aliphatic carbocycles. The van der Waals surface area contributed by atoms with Crippen molar-refractivity contribution in [3.8, 4) is 0 Å². The summed E-state index contributed by atoms with van der Waals surface area (Å²) in [5.41, 5.74) is 6.03. The van der Waals surface area contributed by atoms with Gasteiger partial charge in [-0.15, -0.1) is 0 Å². The molecule has 1 aromatic carbocycles. The van der Waals surface area contributed by atoms with Gasteiger partial charge in [-0.2, -0.15) is 0 Å². The van der Waals surface area contributed by atoms with Gasteiger partial charge in [0, 0.05) is 29.3 Å². The molecule has 0 aliphatic heterocycles. The Morgan fingerprint density at radius 2 is 1.90 bits per heavy atom. The number of aryl methyl sites for hydroxylation is 3. The lowest BCUT2D eigenvalue weighted by Crippen LogP contribution is -2.06. The van der Waals surface area contributed by atoms with E-state index >= 15 is 0 Å². The lowest BCUT2D eigenvalue weighted by molar-refractivity contribution is 0.861. The van der Waals surface area contributed by atoms with Crippen molar-refractivity contribution in [3.05, 3.63) is 59.5 Å². The van der Waals surface area contributed by atoms with Crippen LogP contribution in [0.15, 0.2) is 42.6 Å². The van der Waals surface area contributed by atoms with Crippen molar-refractivity contribution in [2.24, 2.45) is 7.05 Å². The van der Waals surface area contributed by atoms with E-state index in [2.05, 4.69) is 59.2 Å². The van der Waals surface area contributed by atoms with Crippen LogP contribution in [0.1, 0.15) is 17.0 Å². The summed E-state index contributed by atoms with van der Waals surface area (Å²) in [7, 11) is 2.12. The van der Waals surface area contributed by atoms with Crippen LogP contribution in [0.5, 0.6) is 0 Å². The molecular weight excluding hydrogens is 246 g/mol. The molecule has 0 spiro atoms. The van der Waals surface area contributed by atoms with Crippen LogP contribution in [0.25, 0.3) is 10.9 Å². The Morgan fingerprint density at radius 1 is 1.10 bits per heavy atom. The third-order valence-electron chi connectivity index (χ3n) is 3.88. The predicted octanol–water partition coefficient (Wildman–Crippen LogP) is 3.80. The largest absolute Gasteiger partial charge is 0.378 e. The van der Waals surface area contributed by atoms with Gasteiger partial charge in [-0.05, 0) is 37.6 Å². The third kappa shape index (κ3) is 2.16. The molecular formula is C17H19N3. The second-order valence-electron chi connectivity index (χ2n) is 5.19. The van der Waals surface area contributed by atoms with Crippen LogP contribution >= 0.6 is 0 Å². The normalized spacial score (nSPS) is 10.9. The molecule has 2 aromatic heterocycles. The minimum atomic E-state index is 0.807. The molecule has 1 N–H and O–H groups in total. The van der Waals surface area contributed by atoms with Crippen LogP contribution in [0.4, 0.5) is 5.69 Å². The molecule has 0 fully saturated rings. The summed E-state index contributed by atoms with van der Waals surface area (Å²) in [6, 6.07) is 12.6. The number of fused-ring (bicyclic) bond motifs is 1. The Balaban J connectivity index is 1.89. The number of pyridine rings is 1. The number of nitrogens with zero attached hydrogens (tertiary/aromatic N) is 2. The molecule has 0 radical (unpaired) electrons. The van der Waals surface area contributed by atoms with Crippen molar-refractivity contribution in [1.29, 1.82) is 0 Å². The van der Waals surface area contributed by atoms with Crippen molar-refractivity contribution in [3.63, 3.8) is 0 Å². The summed E-state index contributed by atoms with van der Waals surface area (Å²) in [5, 5.41) is 4.78. The SMILES string of the molecule is Cc1ccc(NCc2c(C)c3ccccc3n2C)cn1. The average molecular weight is 265 g/mol. The van der Waals surface area contributed by atoms with Crippen LogP contribution in [-0.2, 0) is 13.6 Å². The fraction of sp³-hybridized carbons (Fsp3) is 0.235. The number of para-hydroxylation sites is 1. The molecule has 20 heavy (non-hydrogen) atoms. The highest BCUT2D eigenvalue weighted by Gasteiger charge is 2.10. The quantitative estimate of drug-likeness (QED) is 0.780. The second-order valence-corrected chi connectivity index (χ2v) is 5.19. The molecule has 2 heterocycles. The number of hydrogen-bond acceptors (Lipinski definition) is 2. The Labute approximate surface area is 119 Å². The van der Waals surface area contributed by atoms with Crippen molar-refractivity contribution in [1.82, 2.24) is 9.55 Å². The molecule has 0 bridgehead atoms. The van der Waals surface area contributed by atoms with Crippen molar-refractivity contribution < 1.29 is 0 Å². The van der Waals surface area contributed by atoms with Crippen LogP contribution in [-0.4, -0.2) is 9.55 Å². The van der Waals surface area contributed by atoms with Crippen LogP contribution in [0, 0.1) is 13.8 Å². The molecule has 3 heteroatoms. The second kappa shape index (κ2) is 5.00. The van der Waals surface area contributed by atoms with Crippen molar-refractivity contribution in [2.45, 2.75) is 20.4 Å². The van der Waals surface area contributed by atoms with Gasteiger partial charge < -0.3 is 9.88 Å². The van der Waals surface area contributed by atoms with Gasteiger partial charge in [-0.1, -0.05) is 18.2 Å². The van der Waals surface area contributed by atoms with Crippen LogP contribution in [0.3, 0.4) is 0 Å². The van der Waals surface area contributed by atoms with Gasteiger partial charge in [0.2, 0.25) is 0 Å². The zero-order valence-corrected chi connectivity index (χ0v) is 12.1. The summed E-state index contributed by atoms with van der Waals surface area (Å²) < 4.78 is 2.26. The molecule has 0 aliphatic rings. The Bertz CT molecular complexity index is 700. The maximum absolute atomic E-state index is 4.31. The smallest absolute Gasteiger partial charge is 0.0556 e. The molecule has 0 atom stereocenters. The average Bonchev–Trinajstić information content (AvgIpc) is 2.71. The van der Waals surface area contributed by atoms with E-state index in [9.17, 15) is 0 Å². The molecule has 0 unspecified atom stereocenters. The van der Waals surface area contributed by atoms with Gasteiger partial charge in [-0.25, -0.2) is 0 Å². The molecule has 0 saturated heterocycles. The van der Waals surface area contributed by atoms with E-state index in [0.717, 1.165) is 17.9 Å². The van der Waals surface area contributed by atoms with E-state index in [1.54, 1.807) is 0 Å². The first-order valence-corrected chi connectivity index (χ1v) is 6.86. The van der Waals surface area contributed by atoms with E-state index in [1.165, 1.54) is 22.2 Å². The lowest BCUT2D eigenvalue weighted by atomic mass is 10.1. The van der Waals surface area contributed by atoms with E-state index in [4.69, 9.17) is 0 Å². The van der Waals surface area contributed by atoms with Gasteiger partial charge >= 0.3 is 0 Å². The fourth-order valence-corrected chi connectivity index (χ4v) is 2.64. The number of nitrogens with one attached hydrogen (secondary N) is 1. The van der Waals surface area contributed by atoms with Crippen LogP contribution in [0.2, 0.25) is 0 Å². The zero-order chi connectivity index (χ0) is 14.1. The number of anilines is 1. The highest BCUT2D eigenvalue weighted by Crippen LogP contribution is 2.24. The minimum absolute atomic E-state index is 0.807. The van der Waals surface area contributed by atoms with Gasteiger partial charge in [0.15, 0.2) is 0 Å². The third-order valence-corrected chi connectivity index (χ3v) is 3.88. The Kier molecular flexibility index (Phi) is 3.18. The van der Waals surface area contributed by atoms with Crippen molar-refractivity contribution in [2.75, 3.05) is 5.32 Å². The minimum Gasteiger partial charge on any atom is -0.378 e. The summed E-state index contributed by atoms with van der Waals surface area (Å²) >= 11 is 0. The molecule has 3 rings (SSSR count). The molecule has 0 saturated carbocycles. The summed E-state index contributed by atoms with van der Waals surface area (Å²) in [6.45, 7) is 4.99. The Morgan fingerprint density at radius 3 is 2.60 bits per heavy atom. The van der Waals surface area contributed by atoms with Gasteiger partial charge in [0.05, 0.1) is 18.4 Å². The number of rotatable bonds is 3. The van der Waals surface area contributed by atoms with E-state index < -0.39 is 0 Å². The first-order valence-electron chi connectivity index (χ1n) is 6.86. The standard InChI is InChI=1S/C17H19N3/c1-12-8-9-14(10-18-12)19-11-17-13(2)15-6-4-5-7-16(15)20(17)3/h4-10,19H,11H2,1-3H3. The molecule has 102 valence electrons. The number of aromatic nitrogens is 2. The molecule has 3 aromatic rings. The lowest BCUT2D eigenvalue weighted by Gasteiger charge is -2.09. The zero-order valence-electron chi connectivity index (χ0n) is 12.1. The van der Waals surface area contributed by atoms with Gasteiger partial charge in [-0.3, -0.25) is 4.98 Å². The Hall–Kier alpha value is -2.29. The van der Waals surface area contributed by atoms with Crippen LogP contribution < -0.4 is 5.32 Å². The monoisotopic (exact) mass is 265 g/mol. The van der Waals surface area contributed by atoms with Gasteiger partial charge in [0.25, 0.3) is 0 Å². The number of benzene rings is 1. The highest BCUT2D eigenvalue weighted by atomic mass is 15.0. The fourth-order valence-electron chi connectivity index (χ4n) is 2.64. The van der Waals surface area contributed by atoms with Crippen molar-refractivity contribution >= 4 is 16.6 Å². The maximum atomic E-state index is 4.31. The number of hydrogen-bond donors (Lipinski definition) is 1. The summed E-state index contributed by atoms with van der Waals surface area (Å²) in [4.78, 5) is 4.31. The first-order chi connectivity index (χ1) is 9.66. The van der Waals surface area contributed by atoms with E-state index in [1.807, 2.05) is 19.2 Å².